The Hall–Kier alpha value is -1.08. The van der Waals surface area contributed by atoms with Crippen molar-refractivity contribution in [3.63, 3.8) is 0 Å². The molecule has 134 valence electrons. The third-order valence-corrected chi connectivity index (χ3v) is 4.97. The van der Waals surface area contributed by atoms with Gasteiger partial charge in [0.1, 0.15) is 6.61 Å². The van der Waals surface area contributed by atoms with Crippen molar-refractivity contribution in [2.45, 2.75) is 37.4 Å². The number of benzene rings is 1. The van der Waals surface area contributed by atoms with Gasteiger partial charge in [-0.05, 0) is 42.9 Å². The maximum atomic E-state index is 12.9. The van der Waals surface area contributed by atoms with Crippen LogP contribution >= 0.6 is 23.4 Å². The summed E-state index contributed by atoms with van der Waals surface area (Å²) in [7, 11) is 0. The molecule has 2 rings (SSSR count). The van der Waals surface area contributed by atoms with Gasteiger partial charge in [-0.1, -0.05) is 6.92 Å². The van der Waals surface area contributed by atoms with Gasteiger partial charge in [0, 0.05) is 11.8 Å². The van der Waals surface area contributed by atoms with Gasteiger partial charge in [-0.15, -0.1) is 11.6 Å². The van der Waals surface area contributed by atoms with Gasteiger partial charge in [0.15, 0.2) is 0 Å². The topological polar surface area (TPSA) is 29.5 Å². The van der Waals surface area contributed by atoms with Crippen molar-refractivity contribution in [2.24, 2.45) is 0 Å². The van der Waals surface area contributed by atoms with Crippen LogP contribution in [0.25, 0.3) is 0 Å². The molecular formula is C16H19ClF3NO2S. The molecule has 0 radical (unpaired) electrons. The van der Waals surface area contributed by atoms with Crippen molar-refractivity contribution < 1.29 is 22.7 Å². The summed E-state index contributed by atoms with van der Waals surface area (Å²) in [6.45, 7) is 2.17. The molecular weight excluding hydrogens is 363 g/mol. The van der Waals surface area contributed by atoms with Gasteiger partial charge in [-0.3, -0.25) is 4.90 Å². The van der Waals surface area contributed by atoms with E-state index < -0.39 is 23.2 Å². The molecule has 1 amide bonds. The van der Waals surface area contributed by atoms with Crippen LogP contribution < -0.4 is 4.90 Å². The highest BCUT2D eigenvalue weighted by Gasteiger charge is 2.38. The van der Waals surface area contributed by atoms with Crippen molar-refractivity contribution in [1.29, 1.82) is 0 Å². The van der Waals surface area contributed by atoms with E-state index in [1.54, 1.807) is 11.8 Å². The molecule has 1 aliphatic rings. The second-order valence-corrected chi connectivity index (χ2v) is 7.03. The smallest absolute Gasteiger partial charge is 0.416 e. The Bertz CT molecular complexity index is 597. The van der Waals surface area contributed by atoms with E-state index in [4.69, 9.17) is 16.3 Å². The highest BCUT2D eigenvalue weighted by molar-refractivity contribution is 7.98. The van der Waals surface area contributed by atoms with Gasteiger partial charge in [0.25, 0.3) is 0 Å². The average molecular weight is 382 g/mol. The van der Waals surface area contributed by atoms with Gasteiger partial charge in [0.2, 0.25) is 0 Å². The summed E-state index contributed by atoms with van der Waals surface area (Å²) in [6.07, 6.45) is -2.06. The second kappa shape index (κ2) is 7.87. The van der Waals surface area contributed by atoms with E-state index >= 15 is 0 Å². The van der Waals surface area contributed by atoms with Gasteiger partial charge >= 0.3 is 12.3 Å². The minimum Gasteiger partial charge on any atom is -0.448 e. The highest BCUT2D eigenvalue weighted by Crippen LogP contribution is 2.44. The maximum Gasteiger partial charge on any atom is 0.416 e. The molecule has 0 fully saturated rings. The quantitative estimate of drug-likeness (QED) is 0.511. The molecule has 1 aromatic rings. The van der Waals surface area contributed by atoms with Gasteiger partial charge in [-0.25, -0.2) is 4.79 Å². The van der Waals surface area contributed by atoms with E-state index in [0.717, 1.165) is 12.1 Å². The lowest BCUT2D eigenvalue weighted by atomic mass is 9.92. The zero-order valence-corrected chi connectivity index (χ0v) is 15.0. The van der Waals surface area contributed by atoms with Gasteiger partial charge < -0.3 is 4.74 Å². The predicted octanol–water partition coefficient (Wildman–Crippen LogP) is 5.47. The Labute approximate surface area is 148 Å². The fraction of sp³-hybridized carbons (Fsp3) is 0.562. The number of thioether (sulfide) groups is 1. The number of carbonyl (C=O) groups excluding carboxylic acids is 1. The number of amides is 1. The number of alkyl halides is 4. The summed E-state index contributed by atoms with van der Waals surface area (Å²) in [5.41, 5.74) is -0.0502. The van der Waals surface area contributed by atoms with E-state index in [2.05, 4.69) is 0 Å². The number of hydrogen-bond donors (Lipinski definition) is 0. The van der Waals surface area contributed by atoms with E-state index in [1.807, 2.05) is 13.2 Å². The molecule has 0 bridgehead atoms. The summed E-state index contributed by atoms with van der Waals surface area (Å²) in [6, 6.07) is 3.12. The summed E-state index contributed by atoms with van der Waals surface area (Å²) < 4.78 is 44.1. The lowest BCUT2D eigenvalue weighted by Gasteiger charge is -2.38. The third kappa shape index (κ3) is 4.11. The SMILES string of the molecule is CC[C@H]1C[C@@H](Cl)c2cc(C(F)(F)F)ccc2N1C(=O)OCCSC. The van der Waals surface area contributed by atoms with Gasteiger partial charge in [-0.2, -0.15) is 24.9 Å². The molecule has 1 aliphatic heterocycles. The number of nitrogens with zero attached hydrogens (tertiary/aromatic N) is 1. The fourth-order valence-corrected chi connectivity index (χ4v) is 3.38. The Morgan fingerprint density at radius 2 is 2.17 bits per heavy atom. The summed E-state index contributed by atoms with van der Waals surface area (Å²) in [5, 5.41) is -0.567. The summed E-state index contributed by atoms with van der Waals surface area (Å²) >= 11 is 7.84. The number of ether oxygens (including phenoxy) is 1. The molecule has 0 aromatic heterocycles. The van der Waals surface area contributed by atoms with Crippen molar-refractivity contribution >= 4 is 35.1 Å². The third-order valence-electron chi connectivity index (χ3n) is 3.98. The summed E-state index contributed by atoms with van der Waals surface area (Å²) in [5.74, 6) is 0.661. The van der Waals surface area contributed by atoms with Crippen molar-refractivity contribution in [2.75, 3.05) is 23.5 Å². The van der Waals surface area contributed by atoms with Gasteiger partial charge in [0.05, 0.1) is 16.6 Å². The fourth-order valence-electron chi connectivity index (χ4n) is 2.75. The Kier molecular flexibility index (Phi) is 6.31. The molecule has 0 unspecified atom stereocenters. The van der Waals surface area contributed by atoms with E-state index in [1.165, 1.54) is 11.0 Å². The number of carbonyl (C=O) groups is 1. The van der Waals surface area contributed by atoms with Crippen LogP contribution in [0.5, 0.6) is 0 Å². The minimum atomic E-state index is -4.45. The van der Waals surface area contributed by atoms with E-state index in [-0.39, 0.29) is 12.6 Å². The molecule has 0 saturated carbocycles. The van der Waals surface area contributed by atoms with Crippen LogP contribution in [0.4, 0.5) is 23.7 Å². The normalized spacial score (nSPS) is 20.7. The van der Waals surface area contributed by atoms with Crippen LogP contribution in [-0.4, -0.2) is 30.8 Å². The lowest BCUT2D eigenvalue weighted by Crippen LogP contribution is -2.44. The van der Waals surface area contributed by atoms with E-state index in [0.29, 0.717) is 29.8 Å². The second-order valence-electron chi connectivity index (χ2n) is 5.51. The first-order valence-electron chi connectivity index (χ1n) is 7.59. The Morgan fingerprint density at radius 1 is 1.46 bits per heavy atom. The molecule has 3 nitrogen and oxygen atoms in total. The lowest BCUT2D eigenvalue weighted by molar-refractivity contribution is -0.137. The molecule has 8 heteroatoms. The molecule has 2 atom stereocenters. The first-order chi connectivity index (χ1) is 11.3. The summed E-state index contributed by atoms with van der Waals surface area (Å²) in [4.78, 5) is 13.9. The molecule has 24 heavy (non-hydrogen) atoms. The molecule has 1 aromatic carbocycles. The van der Waals surface area contributed by atoms with Crippen LogP contribution in [0.2, 0.25) is 0 Å². The number of hydrogen-bond acceptors (Lipinski definition) is 3. The number of fused-ring (bicyclic) bond motifs is 1. The predicted molar refractivity (Wildman–Crippen MR) is 90.9 cm³/mol. The monoisotopic (exact) mass is 381 g/mol. The first kappa shape index (κ1) is 19.2. The maximum absolute atomic E-state index is 12.9. The largest absolute Gasteiger partial charge is 0.448 e. The molecule has 0 aliphatic carbocycles. The van der Waals surface area contributed by atoms with Crippen LogP contribution in [0, 0.1) is 0 Å². The highest BCUT2D eigenvalue weighted by atomic mass is 35.5. The van der Waals surface area contributed by atoms with E-state index in [9.17, 15) is 18.0 Å². The number of halogens is 4. The number of anilines is 1. The van der Waals surface area contributed by atoms with Crippen molar-refractivity contribution in [3.05, 3.63) is 29.3 Å². The molecule has 0 spiro atoms. The van der Waals surface area contributed by atoms with Crippen LogP contribution in [0.3, 0.4) is 0 Å². The molecule has 0 saturated heterocycles. The first-order valence-corrected chi connectivity index (χ1v) is 9.42. The minimum absolute atomic E-state index is 0.196. The standard InChI is InChI=1S/C16H19ClF3NO2S/c1-3-11-9-13(17)12-8-10(16(18,19)20)4-5-14(12)21(11)15(22)23-6-7-24-2/h4-5,8,11,13H,3,6-7,9H2,1-2H3/t11-,13+/m0/s1. The van der Waals surface area contributed by atoms with Crippen LogP contribution in [0.15, 0.2) is 18.2 Å². The van der Waals surface area contributed by atoms with Crippen molar-refractivity contribution in [3.8, 4) is 0 Å². The Balaban J connectivity index is 2.37. The zero-order chi connectivity index (χ0) is 17.9. The number of rotatable bonds is 4. The van der Waals surface area contributed by atoms with Crippen molar-refractivity contribution in [1.82, 2.24) is 0 Å². The molecule has 0 N–H and O–H groups in total. The van der Waals surface area contributed by atoms with Crippen LogP contribution in [0.1, 0.15) is 36.3 Å². The molecule has 1 heterocycles. The Morgan fingerprint density at radius 3 is 2.75 bits per heavy atom. The van der Waals surface area contributed by atoms with Crippen LogP contribution in [-0.2, 0) is 10.9 Å². The average Bonchev–Trinajstić information content (AvgIpc) is 2.53. The zero-order valence-electron chi connectivity index (χ0n) is 13.4.